The maximum Gasteiger partial charge on any atom is 0.101 e. The molecule has 0 amide bonds. The summed E-state index contributed by atoms with van der Waals surface area (Å²) in [6, 6.07) is 60.1. The number of hydrogen-bond acceptors (Lipinski definition) is 3. The molecule has 2 heterocycles. The van der Waals surface area contributed by atoms with Gasteiger partial charge >= 0.3 is 0 Å². The van der Waals surface area contributed by atoms with Gasteiger partial charge in [0.25, 0.3) is 0 Å². The van der Waals surface area contributed by atoms with Gasteiger partial charge in [-0.1, -0.05) is 140 Å². The Labute approximate surface area is 269 Å². The highest BCUT2D eigenvalue weighted by molar-refractivity contribution is 5.90. The van der Waals surface area contributed by atoms with Gasteiger partial charge in [0.1, 0.15) is 6.07 Å². The summed E-state index contributed by atoms with van der Waals surface area (Å²) in [6.07, 6.45) is 3.57. The molecular weight excluding hydrogens is 558 g/mol. The third-order valence-electron chi connectivity index (χ3n) is 9.09. The van der Waals surface area contributed by atoms with Gasteiger partial charge in [-0.15, -0.1) is 0 Å². The number of nitrogens with zero attached hydrogens (tertiary/aromatic N) is 3. The summed E-state index contributed by atoms with van der Waals surface area (Å²) in [6.45, 7) is 0. The molecule has 0 unspecified atom stereocenters. The predicted octanol–water partition coefficient (Wildman–Crippen LogP) is 10.5. The topological polar surface area (TPSA) is 39.9 Å². The number of anilines is 3. The number of rotatable bonds is 5. The molecule has 3 heteroatoms. The second-order valence-corrected chi connectivity index (χ2v) is 11.5. The van der Waals surface area contributed by atoms with E-state index in [9.17, 15) is 5.26 Å². The molecular formula is C43H29N3. The fourth-order valence-corrected chi connectivity index (χ4v) is 7.12. The minimum absolute atomic E-state index is 0.503. The summed E-state index contributed by atoms with van der Waals surface area (Å²) in [5.41, 5.74) is 11.9. The van der Waals surface area contributed by atoms with Crippen LogP contribution >= 0.6 is 0 Å². The van der Waals surface area contributed by atoms with Gasteiger partial charge in [0.15, 0.2) is 0 Å². The molecule has 0 radical (unpaired) electrons. The lowest BCUT2D eigenvalue weighted by Crippen LogP contribution is -2.37. The number of benzene rings is 6. The van der Waals surface area contributed by atoms with Crippen LogP contribution in [0.5, 0.6) is 0 Å². The second kappa shape index (κ2) is 11.4. The van der Waals surface area contributed by atoms with Crippen molar-refractivity contribution in [3.05, 3.63) is 204 Å². The van der Waals surface area contributed by atoms with Gasteiger partial charge in [0, 0.05) is 29.2 Å². The predicted molar refractivity (Wildman–Crippen MR) is 186 cm³/mol. The molecule has 0 spiro atoms. The summed E-state index contributed by atoms with van der Waals surface area (Å²) in [7, 11) is 0. The van der Waals surface area contributed by atoms with E-state index in [0.717, 1.165) is 39.3 Å². The average Bonchev–Trinajstić information content (AvgIpc) is 3.14. The van der Waals surface area contributed by atoms with Crippen molar-refractivity contribution in [3.8, 4) is 28.3 Å². The Bertz CT molecular complexity index is 2110. The molecule has 1 aliphatic heterocycles. The molecule has 0 fully saturated rings. The van der Waals surface area contributed by atoms with Crippen LogP contribution < -0.4 is 4.90 Å². The van der Waals surface area contributed by atoms with E-state index in [-0.39, 0.29) is 0 Å². The molecule has 8 rings (SSSR count). The number of aromatic nitrogens is 1. The maximum atomic E-state index is 10.2. The van der Waals surface area contributed by atoms with Crippen molar-refractivity contribution in [3.63, 3.8) is 0 Å². The van der Waals surface area contributed by atoms with Gasteiger partial charge in [-0.3, -0.25) is 4.98 Å². The van der Waals surface area contributed by atoms with Crippen molar-refractivity contribution < 1.29 is 0 Å². The minimum Gasteiger partial charge on any atom is -0.310 e. The molecule has 46 heavy (non-hydrogen) atoms. The fraction of sp³-hybridized carbons (Fsp3) is 0.0233. The van der Waals surface area contributed by atoms with Gasteiger partial charge in [0.05, 0.1) is 22.4 Å². The van der Waals surface area contributed by atoms with Crippen LogP contribution in [0.15, 0.2) is 176 Å². The first-order chi connectivity index (χ1) is 22.8. The van der Waals surface area contributed by atoms with Crippen LogP contribution in [-0.4, -0.2) is 4.98 Å². The van der Waals surface area contributed by atoms with Crippen molar-refractivity contribution in [2.24, 2.45) is 0 Å². The van der Waals surface area contributed by atoms with Crippen LogP contribution in [0.4, 0.5) is 17.1 Å². The molecule has 3 nitrogen and oxygen atoms in total. The molecule has 0 saturated carbocycles. The average molecular weight is 588 g/mol. The van der Waals surface area contributed by atoms with Crippen LogP contribution in [0.3, 0.4) is 0 Å². The van der Waals surface area contributed by atoms with Crippen LogP contribution in [-0.2, 0) is 5.41 Å². The zero-order valence-electron chi connectivity index (χ0n) is 25.1. The largest absolute Gasteiger partial charge is 0.310 e. The van der Waals surface area contributed by atoms with E-state index in [2.05, 4.69) is 149 Å². The first-order valence-electron chi connectivity index (χ1n) is 15.4. The summed E-state index contributed by atoms with van der Waals surface area (Å²) in [5.74, 6) is 0. The molecule has 0 atom stereocenters. The standard InChI is InChI=1S/C43H29N3/c44-28-36-37(31-14-4-1-5-15-31)29-45-30-38(36)32-24-26-35(27-25-32)46-41-22-12-10-20-39(41)43(33-16-6-2-7-17-33,34-18-8-3-9-19-34)40-21-11-13-23-42(40)46/h1-27,29-30H. The van der Waals surface area contributed by atoms with Crippen LogP contribution in [0.1, 0.15) is 27.8 Å². The number of fused-ring (bicyclic) bond motifs is 2. The summed E-state index contributed by atoms with van der Waals surface area (Å²) in [5, 5.41) is 10.2. The van der Waals surface area contributed by atoms with E-state index >= 15 is 0 Å². The Kier molecular flexibility index (Phi) is 6.74. The molecule has 1 aromatic heterocycles. The van der Waals surface area contributed by atoms with Crippen LogP contribution in [0.25, 0.3) is 22.3 Å². The maximum absolute atomic E-state index is 10.2. The summed E-state index contributed by atoms with van der Waals surface area (Å²) >= 11 is 0. The normalized spacial score (nSPS) is 12.9. The molecule has 0 bridgehead atoms. The van der Waals surface area contributed by atoms with Crippen molar-refractivity contribution >= 4 is 17.1 Å². The van der Waals surface area contributed by atoms with E-state index in [0.29, 0.717) is 5.56 Å². The third kappa shape index (κ3) is 4.24. The Morgan fingerprint density at radius 1 is 0.478 bits per heavy atom. The zero-order valence-corrected chi connectivity index (χ0v) is 25.1. The minimum atomic E-state index is -0.503. The highest BCUT2D eigenvalue weighted by Gasteiger charge is 2.46. The van der Waals surface area contributed by atoms with Gasteiger partial charge < -0.3 is 4.90 Å². The third-order valence-corrected chi connectivity index (χ3v) is 9.09. The van der Waals surface area contributed by atoms with Crippen molar-refractivity contribution in [1.29, 1.82) is 5.26 Å². The van der Waals surface area contributed by atoms with Gasteiger partial charge in [-0.05, 0) is 57.6 Å². The summed E-state index contributed by atoms with van der Waals surface area (Å²) in [4.78, 5) is 6.89. The van der Waals surface area contributed by atoms with Gasteiger partial charge in [0.2, 0.25) is 0 Å². The quantitative estimate of drug-likeness (QED) is 0.201. The van der Waals surface area contributed by atoms with Gasteiger partial charge in [-0.25, -0.2) is 0 Å². The van der Waals surface area contributed by atoms with Gasteiger partial charge in [-0.2, -0.15) is 5.26 Å². The molecule has 0 saturated heterocycles. The lowest BCUT2D eigenvalue weighted by Gasteiger charge is -2.46. The number of nitriles is 1. The lowest BCUT2D eigenvalue weighted by atomic mass is 9.62. The van der Waals surface area contributed by atoms with E-state index < -0.39 is 5.41 Å². The monoisotopic (exact) mass is 587 g/mol. The van der Waals surface area contributed by atoms with E-state index in [1.165, 1.54) is 22.3 Å². The van der Waals surface area contributed by atoms with Crippen molar-refractivity contribution in [2.75, 3.05) is 4.90 Å². The van der Waals surface area contributed by atoms with Crippen LogP contribution in [0, 0.1) is 11.3 Å². The Morgan fingerprint density at radius 3 is 1.41 bits per heavy atom. The van der Waals surface area contributed by atoms with E-state index in [1.54, 1.807) is 12.4 Å². The number of pyridine rings is 1. The van der Waals surface area contributed by atoms with Crippen molar-refractivity contribution in [2.45, 2.75) is 5.41 Å². The van der Waals surface area contributed by atoms with Crippen molar-refractivity contribution in [1.82, 2.24) is 4.98 Å². The van der Waals surface area contributed by atoms with E-state index in [1.807, 2.05) is 30.3 Å². The zero-order chi connectivity index (χ0) is 30.9. The molecule has 216 valence electrons. The summed E-state index contributed by atoms with van der Waals surface area (Å²) < 4.78 is 0. The molecule has 1 aliphatic rings. The Balaban J connectivity index is 1.31. The first kappa shape index (κ1) is 27.3. The SMILES string of the molecule is N#Cc1c(-c2ccccc2)cncc1-c1ccc(N2c3ccccc3C(c3ccccc3)(c3ccccc3)c3ccccc32)cc1. The molecule has 0 aliphatic carbocycles. The Hall–Kier alpha value is -6.24. The molecule has 7 aromatic rings. The first-order valence-corrected chi connectivity index (χ1v) is 15.4. The number of hydrogen-bond donors (Lipinski definition) is 0. The lowest BCUT2D eigenvalue weighted by molar-refractivity contribution is 0.731. The Morgan fingerprint density at radius 2 is 0.913 bits per heavy atom. The highest BCUT2D eigenvalue weighted by atomic mass is 15.2. The molecule has 6 aromatic carbocycles. The van der Waals surface area contributed by atoms with E-state index in [4.69, 9.17) is 0 Å². The van der Waals surface area contributed by atoms with Crippen LogP contribution in [0.2, 0.25) is 0 Å². The second-order valence-electron chi connectivity index (χ2n) is 11.5. The fourth-order valence-electron chi connectivity index (χ4n) is 7.12. The highest BCUT2D eigenvalue weighted by Crippen LogP contribution is 2.57. The molecule has 0 N–H and O–H groups in total. The smallest absolute Gasteiger partial charge is 0.101 e. The number of para-hydroxylation sites is 2.